The Kier molecular flexibility index (Phi) is 5.92. The number of rotatable bonds is 6. The lowest BCUT2D eigenvalue weighted by Crippen LogP contribution is -2.13. The highest BCUT2D eigenvalue weighted by atomic mass is 35.5. The summed E-state index contributed by atoms with van der Waals surface area (Å²) in [6.07, 6.45) is 1.21. The zero-order valence-electron chi connectivity index (χ0n) is 12.9. The van der Waals surface area contributed by atoms with E-state index in [9.17, 15) is 13.6 Å². The minimum Gasteiger partial charge on any atom is -0.474 e. The summed E-state index contributed by atoms with van der Waals surface area (Å²) in [6.45, 7) is 0.715. The van der Waals surface area contributed by atoms with E-state index >= 15 is 0 Å². The van der Waals surface area contributed by atoms with Crippen molar-refractivity contribution >= 4 is 23.2 Å². The normalized spacial score (nSPS) is 10.8. The van der Waals surface area contributed by atoms with Crippen molar-refractivity contribution in [2.75, 3.05) is 5.32 Å². The summed E-state index contributed by atoms with van der Waals surface area (Å²) in [5.41, 5.74) is 0.507. The van der Waals surface area contributed by atoms with Gasteiger partial charge in [0.2, 0.25) is 5.88 Å². The van der Waals surface area contributed by atoms with Crippen LogP contribution in [0.25, 0.3) is 0 Å². The van der Waals surface area contributed by atoms with Crippen LogP contribution in [0.5, 0.6) is 11.6 Å². The first-order valence-electron chi connectivity index (χ1n) is 7.03. The lowest BCUT2D eigenvalue weighted by molar-refractivity contribution is -0.0497. The highest BCUT2D eigenvalue weighted by molar-refractivity contribution is 6.32. The van der Waals surface area contributed by atoms with Crippen LogP contribution in [-0.4, -0.2) is 23.6 Å². The number of benzene rings is 1. The van der Waals surface area contributed by atoms with E-state index in [0.717, 1.165) is 0 Å². The van der Waals surface area contributed by atoms with Crippen LogP contribution in [0.2, 0.25) is 5.02 Å². The highest BCUT2D eigenvalue weighted by Crippen LogP contribution is 2.24. The van der Waals surface area contributed by atoms with Gasteiger partial charge in [-0.25, -0.2) is 4.98 Å². The van der Waals surface area contributed by atoms with Gasteiger partial charge in [-0.3, -0.25) is 4.79 Å². The number of pyridine rings is 1. The second kappa shape index (κ2) is 7.92. The zero-order chi connectivity index (χ0) is 17.7. The van der Waals surface area contributed by atoms with Gasteiger partial charge in [-0.15, -0.1) is 0 Å². The molecule has 0 aliphatic heterocycles. The second-order valence-corrected chi connectivity index (χ2v) is 5.45. The summed E-state index contributed by atoms with van der Waals surface area (Å²) in [7, 11) is 0. The molecule has 2 aromatic rings. The maximum Gasteiger partial charge on any atom is 0.387 e. The van der Waals surface area contributed by atoms with Crippen molar-refractivity contribution in [2.45, 2.75) is 26.6 Å². The van der Waals surface area contributed by atoms with Crippen LogP contribution in [0, 0.1) is 0 Å². The number of aromatic nitrogens is 1. The van der Waals surface area contributed by atoms with Crippen LogP contribution >= 0.6 is 11.6 Å². The molecular formula is C16H15ClF2N2O3. The van der Waals surface area contributed by atoms with Gasteiger partial charge >= 0.3 is 6.61 Å². The van der Waals surface area contributed by atoms with Crippen LogP contribution < -0.4 is 14.8 Å². The van der Waals surface area contributed by atoms with E-state index in [0.29, 0.717) is 5.69 Å². The Hall–Kier alpha value is -2.41. The van der Waals surface area contributed by atoms with Crippen molar-refractivity contribution in [1.82, 2.24) is 4.98 Å². The molecule has 0 aliphatic rings. The van der Waals surface area contributed by atoms with Crippen molar-refractivity contribution in [3.63, 3.8) is 0 Å². The first kappa shape index (κ1) is 17.9. The number of anilines is 1. The molecule has 2 rings (SSSR count). The summed E-state index contributed by atoms with van der Waals surface area (Å²) >= 11 is 6.03. The number of hydrogen-bond acceptors (Lipinski definition) is 4. The molecule has 5 nitrogen and oxygen atoms in total. The molecule has 0 saturated carbocycles. The molecule has 0 atom stereocenters. The number of carbonyl (C=O) groups is 1. The van der Waals surface area contributed by atoms with Crippen molar-refractivity contribution in [3.8, 4) is 11.6 Å². The molecule has 24 heavy (non-hydrogen) atoms. The fourth-order valence-corrected chi connectivity index (χ4v) is 2.02. The van der Waals surface area contributed by atoms with E-state index in [2.05, 4.69) is 15.0 Å². The maximum absolute atomic E-state index is 12.2. The number of carbonyl (C=O) groups excluding carboxylic acids is 1. The summed E-state index contributed by atoms with van der Waals surface area (Å²) in [5, 5.41) is 2.76. The van der Waals surface area contributed by atoms with Gasteiger partial charge in [0.05, 0.1) is 11.7 Å². The average Bonchev–Trinajstić information content (AvgIpc) is 2.48. The molecule has 8 heteroatoms. The van der Waals surface area contributed by atoms with E-state index in [1.54, 1.807) is 6.07 Å². The third kappa shape index (κ3) is 5.06. The lowest BCUT2D eigenvalue weighted by atomic mass is 10.2. The number of nitrogens with one attached hydrogen (secondary N) is 1. The Morgan fingerprint density at radius 2 is 2.00 bits per heavy atom. The molecule has 1 aromatic carbocycles. The van der Waals surface area contributed by atoms with Gasteiger partial charge in [0.15, 0.2) is 0 Å². The topological polar surface area (TPSA) is 60.5 Å². The molecule has 0 fully saturated rings. The largest absolute Gasteiger partial charge is 0.474 e. The standard InChI is InChI=1S/C16H15ClF2N2O3/c1-9(2)23-15-13(17)6-10(8-20-15)14(22)21-11-4-3-5-12(7-11)24-16(18)19/h3-9,16H,1-2H3,(H,21,22). The predicted molar refractivity (Wildman–Crippen MR) is 86.0 cm³/mol. The Bertz CT molecular complexity index is 726. The summed E-state index contributed by atoms with van der Waals surface area (Å²) < 4.78 is 34.1. The molecule has 0 unspecified atom stereocenters. The van der Waals surface area contributed by atoms with Gasteiger partial charge in [0.25, 0.3) is 5.91 Å². The van der Waals surface area contributed by atoms with Crippen LogP contribution in [0.3, 0.4) is 0 Å². The number of alkyl halides is 2. The van der Waals surface area contributed by atoms with Gasteiger partial charge in [-0.05, 0) is 32.0 Å². The maximum atomic E-state index is 12.2. The van der Waals surface area contributed by atoms with E-state index in [-0.39, 0.29) is 28.3 Å². The molecular weight excluding hydrogens is 342 g/mol. The minimum absolute atomic E-state index is 0.0559. The van der Waals surface area contributed by atoms with Crippen LogP contribution in [0.1, 0.15) is 24.2 Å². The predicted octanol–water partition coefficient (Wildman–Crippen LogP) is 4.38. The number of amides is 1. The van der Waals surface area contributed by atoms with E-state index < -0.39 is 12.5 Å². The van der Waals surface area contributed by atoms with Crippen LogP contribution in [0.15, 0.2) is 36.5 Å². The van der Waals surface area contributed by atoms with E-state index in [1.165, 1.54) is 30.5 Å². The summed E-state index contributed by atoms with van der Waals surface area (Å²) in [5.74, 6) is -0.315. The lowest BCUT2D eigenvalue weighted by Gasteiger charge is -2.11. The van der Waals surface area contributed by atoms with Gasteiger partial charge in [-0.1, -0.05) is 17.7 Å². The van der Waals surface area contributed by atoms with Gasteiger partial charge in [0, 0.05) is 18.0 Å². The second-order valence-electron chi connectivity index (χ2n) is 5.04. The number of halogens is 3. The van der Waals surface area contributed by atoms with Crippen LogP contribution in [-0.2, 0) is 0 Å². The molecule has 1 heterocycles. The van der Waals surface area contributed by atoms with Crippen molar-refractivity contribution in [1.29, 1.82) is 0 Å². The number of nitrogens with zero attached hydrogens (tertiary/aromatic N) is 1. The molecule has 0 saturated heterocycles. The Morgan fingerprint density at radius 1 is 1.25 bits per heavy atom. The average molecular weight is 357 g/mol. The Morgan fingerprint density at radius 3 is 2.62 bits per heavy atom. The monoisotopic (exact) mass is 356 g/mol. The van der Waals surface area contributed by atoms with Crippen molar-refractivity contribution in [2.24, 2.45) is 0 Å². The molecule has 0 aliphatic carbocycles. The molecule has 0 spiro atoms. The smallest absolute Gasteiger partial charge is 0.387 e. The fourth-order valence-electron chi connectivity index (χ4n) is 1.81. The molecule has 0 bridgehead atoms. The fraction of sp³-hybridized carbons (Fsp3) is 0.250. The quantitative estimate of drug-likeness (QED) is 0.834. The summed E-state index contributed by atoms with van der Waals surface area (Å²) in [4.78, 5) is 16.2. The van der Waals surface area contributed by atoms with Crippen LogP contribution in [0.4, 0.5) is 14.5 Å². The molecule has 1 aromatic heterocycles. The van der Waals surface area contributed by atoms with Gasteiger partial charge in [-0.2, -0.15) is 8.78 Å². The van der Waals surface area contributed by atoms with E-state index in [4.69, 9.17) is 16.3 Å². The summed E-state index contributed by atoms with van der Waals surface area (Å²) in [6, 6.07) is 7.09. The highest BCUT2D eigenvalue weighted by Gasteiger charge is 2.13. The van der Waals surface area contributed by atoms with Crippen molar-refractivity contribution in [3.05, 3.63) is 47.1 Å². The molecule has 1 N–H and O–H groups in total. The van der Waals surface area contributed by atoms with Crippen molar-refractivity contribution < 1.29 is 23.0 Å². The first-order chi connectivity index (χ1) is 11.3. The molecule has 0 radical (unpaired) electrons. The third-order valence-corrected chi connectivity index (χ3v) is 3.00. The third-order valence-electron chi connectivity index (χ3n) is 2.73. The first-order valence-corrected chi connectivity index (χ1v) is 7.41. The van der Waals surface area contributed by atoms with Gasteiger partial charge < -0.3 is 14.8 Å². The van der Waals surface area contributed by atoms with Gasteiger partial charge in [0.1, 0.15) is 10.8 Å². The minimum atomic E-state index is -2.94. The molecule has 1 amide bonds. The SMILES string of the molecule is CC(C)Oc1ncc(C(=O)Nc2cccc(OC(F)F)c2)cc1Cl. The van der Waals surface area contributed by atoms with E-state index in [1.807, 2.05) is 13.8 Å². The molecule has 128 valence electrons. The number of hydrogen-bond donors (Lipinski definition) is 1. The zero-order valence-corrected chi connectivity index (χ0v) is 13.7. The Balaban J connectivity index is 2.11. The Labute approximate surface area is 142 Å². The number of ether oxygens (including phenoxy) is 2.